The summed E-state index contributed by atoms with van der Waals surface area (Å²) in [5, 5.41) is 19.9. The van der Waals surface area contributed by atoms with Crippen LogP contribution in [0.25, 0.3) is 0 Å². The smallest absolute Gasteiger partial charge is 0.297 e. The normalized spacial score (nSPS) is 24.8. The lowest BCUT2D eigenvalue weighted by Gasteiger charge is -2.20. The van der Waals surface area contributed by atoms with Crippen molar-refractivity contribution in [3.8, 4) is 0 Å². The Labute approximate surface area is 175 Å². The van der Waals surface area contributed by atoms with Crippen LogP contribution in [0.2, 0.25) is 0 Å². The Morgan fingerprint density at radius 1 is 0.833 bits per heavy atom. The van der Waals surface area contributed by atoms with Crippen molar-refractivity contribution in [3.05, 3.63) is 59.7 Å². The number of ether oxygens (including phenoxy) is 1. The summed E-state index contributed by atoms with van der Waals surface area (Å²) in [6.45, 7) is 2.91. The van der Waals surface area contributed by atoms with Gasteiger partial charge in [0.15, 0.2) is 6.29 Å². The summed E-state index contributed by atoms with van der Waals surface area (Å²) in [5.74, 6) is 0. The molecule has 1 heterocycles. The predicted octanol–water partition coefficient (Wildman–Crippen LogP) is 0.861. The molecule has 0 spiro atoms. The zero-order valence-electron chi connectivity index (χ0n) is 16.2. The number of aryl methyl sites for hydroxylation is 2. The van der Waals surface area contributed by atoms with Crippen LogP contribution in [0, 0.1) is 13.8 Å². The summed E-state index contributed by atoms with van der Waals surface area (Å²) in [6, 6.07) is 11.7. The van der Waals surface area contributed by atoms with Crippen LogP contribution >= 0.6 is 0 Å². The van der Waals surface area contributed by atoms with E-state index in [9.17, 15) is 27.0 Å². The molecule has 0 saturated carbocycles. The molecule has 0 amide bonds. The summed E-state index contributed by atoms with van der Waals surface area (Å²) in [5.41, 5.74) is 1.69. The highest BCUT2D eigenvalue weighted by Crippen LogP contribution is 2.28. The second-order valence-corrected chi connectivity index (χ2v) is 10.1. The van der Waals surface area contributed by atoms with Crippen LogP contribution in [-0.4, -0.2) is 58.3 Å². The van der Waals surface area contributed by atoms with E-state index in [-0.39, 0.29) is 9.79 Å². The highest BCUT2D eigenvalue weighted by atomic mass is 32.2. The lowest BCUT2D eigenvalue weighted by molar-refractivity contribution is -0.131. The molecule has 0 bridgehead atoms. The molecule has 1 aliphatic heterocycles. The van der Waals surface area contributed by atoms with Crippen molar-refractivity contribution >= 4 is 20.2 Å². The van der Waals surface area contributed by atoms with Crippen LogP contribution in [0.1, 0.15) is 11.1 Å². The van der Waals surface area contributed by atoms with Gasteiger partial charge in [-0.05, 0) is 38.1 Å². The molecule has 0 aliphatic carbocycles. The van der Waals surface area contributed by atoms with Crippen molar-refractivity contribution in [3.63, 3.8) is 0 Å². The number of hydrogen-bond donors (Lipinski definition) is 2. The Bertz CT molecular complexity index is 1080. The molecule has 2 aromatic rings. The lowest BCUT2D eigenvalue weighted by atomic mass is 10.1. The van der Waals surface area contributed by atoms with Gasteiger partial charge in [0, 0.05) is 0 Å². The van der Waals surface area contributed by atoms with Gasteiger partial charge in [-0.3, -0.25) is 8.37 Å². The first-order valence-corrected chi connectivity index (χ1v) is 11.8. The molecular formula is C19H22O9S2. The fourth-order valence-corrected chi connectivity index (χ4v) is 4.84. The van der Waals surface area contributed by atoms with Crippen LogP contribution in [0.4, 0.5) is 0 Å². The van der Waals surface area contributed by atoms with Crippen LogP contribution < -0.4 is 0 Å². The standard InChI is InChI=1S/C19H22O9S2/c1-12-3-7-14(8-4-12)29(22,23)26-11-16-18(17(20)19(21)27-16)28-30(24,25)15-9-5-13(2)6-10-15/h3-10,16-21H,11H2,1-2H3/t16-,17-,18+,19?/m1/s1. The number of aliphatic hydroxyl groups is 2. The average Bonchev–Trinajstić information content (AvgIpc) is 2.94. The van der Waals surface area contributed by atoms with Gasteiger partial charge in [-0.25, -0.2) is 0 Å². The number of benzene rings is 2. The monoisotopic (exact) mass is 458 g/mol. The van der Waals surface area contributed by atoms with Crippen LogP contribution in [-0.2, 0) is 33.3 Å². The summed E-state index contributed by atoms with van der Waals surface area (Å²) in [4.78, 5) is -0.259. The predicted molar refractivity (Wildman–Crippen MR) is 104 cm³/mol. The average molecular weight is 459 g/mol. The van der Waals surface area contributed by atoms with E-state index in [1.807, 2.05) is 0 Å². The van der Waals surface area contributed by atoms with E-state index in [1.165, 1.54) is 24.3 Å². The highest BCUT2D eigenvalue weighted by Gasteiger charge is 2.47. The number of hydrogen-bond acceptors (Lipinski definition) is 9. The van der Waals surface area contributed by atoms with Crippen molar-refractivity contribution in [1.29, 1.82) is 0 Å². The molecule has 1 saturated heterocycles. The van der Waals surface area contributed by atoms with Gasteiger partial charge >= 0.3 is 0 Å². The van der Waals surface area contributed by atoms with Crippen LogP contribution in [0.5, 0.6) is 0 Å². The lowest BCUT2D eigenvalue weighted by Crippen LogP contribution is -2.39. The summed E-state index contributed by atoms with van der Waals surface area (Å²) >= 11 is 0. The molecule has 0 radical (unpaired) electrons. The Kier molecular flexibility index (Phi) is 6.63. The molecule has 4 atom stereocenters. The van der Waals surface area contributed by atoms with Crippen molar-refractivity contribution in [2.75, 3.05) is 6.61 Å². The molecule has 3 rings (SSSR count). The molecule has 1 fully saturated rings. The molecule has 2 N–H and O–H groups in total. The molecule has 164 valence electrons. The van der Waals surface area contributed by atoms with E-state index in [1.54, 1.807) is 38.1 Å². The molecule has 11 heteroatoms. The molecule has 30 heavy (non-hydrogen) atoms. The van der Waals surface area contributed by atoms with Gasteiger partial charge in [0.1, 0.15) is 18.3 Å². The number of aliphatic hydroxyl groups excluding tert-OH is 2. The van der Waals surface area contributed by atoms with Gasteiger partial charge in [0.25, 0.3) is 20.2 Å². The van der Waals surface area contributed by atoms with E-state index in [2.05, 4.69) is 0 Å². The topological polar surface area (TPSA) is 136 Å². The maximum absolute atomic E-state index is 12.5. The van der Waals surface area contributed by atoms with Gasteiger partial charge in [-0.2, -0.15) is 16.8 Å². The van der Waals surface area contributed by atoms with E-state index >= 15 is 0 Å². The molecular weight excluding hydrogens is 436 g/mol. The third-order valence-electron chi connectivity index (χ3n) is 4.55. The van der Waals surface area contributed by atoms with E-state index in [0.29, 0.717) is 0 Å². The second kappa shape index (κ2) is 8.71. The third kappa shape index (κ3) is 5.06. The molecule has 2 aromatic carbocycles. The van der Waals surface area contributed by atoms with Crippen molar-refractivity contribution in [2.45, 2.75) is 48.2 Å². The zero-order chi connectivity index (χ0) is 22.1. The molecule has 1 unspecified atom stereocenters. The van der Waals surface area contributed by atoms with Gasteiger partial charge in [0.2, 0.25) is 0 Å². The Morgan fingerprint density at radius 2 is 1.30 bits per heavy atom. The Morgan fingerprint density at radius 3 is 1.80 bits per heavy atom. The summed E-state index contributed by atoms with van der Waals surface area (Å²) in [6.07, 6.45) is -6.41. The van der Waals surface area contributed by atoms with Gasteiger partial charge in [-0.1, -0.05) is 35.4 Å². The minimum absolute atomic E-state index is 0.100. The zero-order valence-corrected chi connectivity index (χ0v) is 17.8. The quantitative estimate of drug-likeness (QED) is 0.579. The fourth-order valence-electron chi connectivity index (χ4n) is 2.81. The van der Waals surface area contributed by atoms with E-state index in [0.717, 1.165) is 11.1 Å². The third-order valence-corrected chi connectivity index (χ3v) is 7.17. The second-order valence-electron chi connectivity index (χ2n) is 6.94. The fraction of sp³-hybridized carbons (Fsp3) is 0.368. The number of rotatable bonds is 7. The van der Waals surface area contributed by atoms with Crippen molar-refractivity contribution in [1.82, 2.24) is 0 Å². The van der Waals surface area contributed by atoms with E-state index < -0.39 is 51.4 Å². The molecule has 9 nitrogen and oxygen atoms in total. The van der Waals surface area contributed by atoms with Gasteiger partial charge < -0.3 is 14.9 Å². The first-order valence-electron chi connectivity index (χ1n) is 8.97. The van der Waals surface area contributed by atoms with Gasteiger partial charge in [-0.15, -0.1) is 0 Å². The first kappa shape index (κ1) is 22.8. The SMILES string of the molecule is Cc1ccc(S(=O)(=O)OC[C@H]2OC(O)[C@H](O)[C@H]2OS(=O)(=O)c2ccc(C)cc2)cc1. The minimum Gasteiger partial charge on any atom is -0.385 e. The van der Waals surface area contributed by atoms with Crippen molar-refractivity contribution < 1.29 is 40.2 Å². The van der Waals surface area contributed by atoms with Crippen molar-refractivity contribution in [2.24, 2.45) is 0 Å². The Balaban J connectivity index is 1.75. The largest absolute Gasteiger partial charge is 0.385 e. The molecule has 1 aliphatic rings. The maximum atomic E-state index is 12.5. The van der Waals surface area contributed by atoms with Gasteiger partial charge in [0.05, 0.1) is 16.4 Å². The Hall–Kier alpha value is -1.86. The van der Waals surface area contributed by atoms with Crippen LogP contribution in [0.15, 0.2) is 58.3 Å². The highest BCUT2D eigenvalue weighted by molar-refractivity contribution is 7.87. The van der Waals surface area contributed by atoms with Crippen LogP contribution in [0.3, 0.4) is 0 Å². The first-order chi connectivity index (χ1) is 14.0. The minimum atomic E-state index is -4.32. The summed E-state index contributed by atoms with van der Waals surface area (Å²) < 4.78 is 64.8. The van der Waals surface area contributed by atoms with E-state index in [4.69, 9.17) is 13.1 Å². The maximum Gasteiger partial charge on any atom is 0.297 e. The molecule has 0 aromatic heterocycles. The summed E-state index contributed by atoms with van der Waals surface area (Å²) in [7, 11) is -8.49.